The molecule has 0 radical (unpaired) electrons. The molecule has 1 saturated carbocycles. The van der Waals surface area contributed by atoms with E-state index in [2.05, 4.69) is 31.2 Å². The van der Waals surface area contributed by atoms with Crippen LogP contribution in [-0.2, 0) is 4.74 Å². The van der Waals surface area contributed by atoms with Gasteiger partial charge in [-0.15, -0.1) is 0 Å². The van der Waals surface area contributed by atoms with E-state index in [1.54, 1.807) is 0 Å². The molecule has 1 fully saturated rings. The molecule has 0 saturated heterocycles. The molecule has 0 amide bonds. The number of aryl methyl sites for hydroxylation is 1. The molecule has 1 unspecified atom stereocenters. The van der Waals surface area contributed by atoms with Crippen molar-refractivity contribution in [2.45, 2.75) is 25.7 Å². The molecule has 1 aliphatic rings. The maximum absolute atomic E-state index is 5.83. The summed E-state index contributed by atoms with van der Waals surface area (Å²) >= 11 is 0. The molecule has 0 aromatic heterocycles. The third-order valence-corrected chi connectivity index (χ3v) is 3.28. The third-order valence-electron chi connectivity index (χ3n) is 3.28. The summed E-state index contributed by atoms with van der Waals surface area (Å²) in [4.78, 5) is 0. The van der Waals surface area contributed by atoms with E-state index in [1.807, 2.05) is 0 Å². The van der Waals surface area contributed by atoms with E-state index in [-0.39, 0.29) is 0 Å². The molecule has 1 aliphatic carbocycles. The second kappa shape index (κ2) is 5.46. The molecular formula is C14H21NO. The standard InChI is InChI=1S/C14H21NO/c1-11-4-2-3-5-14(11)13(8-15)10-16-9-12-6-7-12/h2-5,12-13H,6-10,15H2,1H3. The first-order valence-electron chi connectivity index (χ1n) is 6.14. The molecule has 16 heavy (non-hydrogen) atoms. The number of hydrogen-bond acceptors (Lipinski definition) is 2. The van der Waals surface area contributed by atoms with E-state index in [4.69, 9.17) is 10.5 Å². The van der Waals surface area contributed by atoms with Gasteiger partial charge in [-0.2, -0.15) is 0 Å². The summed E-state index contributed by atoms with van der Waals surface area (Å²) in [5, 5.41) is 0. The van der Waals surface area contributed by atoms with Crippen molar-refractivity contribution in [2.75, 3.05) is 19.8 Å². The molecule has 1 aromatic rings. The molecule has 0 bridgehead atoms. The molecule has 0 heterocycles. The lowest BCUT2D eigenvalue weighted by Gasteiger charge is -2.17. The van der Waals surface area contributed by atoms with Crippen molar-refractivity contribution < 1.29 is 4.74 Å². The molecule has 2 rings (SSSR count). The Labute approximate surface area is 97.8 Å². The summed E-state index contributed by atoms with van der Waals surface area (Å²) in [6.45, 7) is 4.48. The molecule has 2 heteroatoms. The fourth-order valence-corrected chi connectivity index (χ4v) is 1.99. The van der Waals surface area contributed by atoms with E-state index in [9.17, 15) is 0 Å². The zero-order valence-corrected chi connectivity index (χ0v) is 9.99. The fraction of sp³-hybridized carbons (Fsp3) is 0.571. The third kappa shape index (κ3) is 3.06. The lowest BCUT2D eigenvalue weighted by molar-refractivity contribution is 0.112. The first kappa shape index (κ1) is 11.6. The van der Waals surface area contributed by atoms with Crippen LogP contribution in [0.2, 0.25) is 0 Å². The van der Waals surface area contributed by atoms with Gasteiger partial charge in [0.05, 0.1) is 6.61 Å². The average molecular weight is 219 g/mol. The van der Waals surface area contributed by atoms with Gasteiger partial charge in [-0.1, -0.05) is 24.3 Å². The van der Waals surface area contributed by atoms with Gasteiger partial charge in [0, 0.05) is 19.1 Å². The Hall–Kier alpha value is -0.860. The number of nitrogens with two attached hydrogens (primary N) is 1. The maximum atomic E-state index is 5.83. The predicted octanol–water partition coefficient (Wildman–Crippen LogP) is 2.46. The predicted molar refractivity (Wildman–Crippen MR) is 66.5 cm³/mol. The summed E-state index contributed by atoms with van der Waals surface area (Å²) in [5.41, 5.74) is 8.47. The van der Waals surface area contributed by atoms with Gasteiger partial charge >= 0.3 is 0 Å². The van der Waals surface area contributed by atoms with Crippen molar-refractivity contribution in [3.63, 3.8) is 0 Å². The number of hydrogen-bond donors (Lipinski definition) is 1. The number of rotatable bonds is 6. The van der Waals surface area contributed by atoms with Crippen LogP contribution >= 0.6 is 0 Å². The van der Waals surface area contributed by atoms with E-state index in [0.29, 0.717) is 12.5 Å². The van der Waals surface area contributed by atoms with Crippen LogP contribution in [0.4, 0.5) is 0 Å². The monoisotopic (exact) mass is 219 g/mol. The molecule has 2 nitrogen and oxygen atoms in total. The van der Waals surface area contributed by atoms with Gasteiger partial charge in [0.1, 0.15) is 0 Å². The van der Waals surface area contributed by atoms with Crippen LogP contribution in [0.25, 0.3) is 0 Å². The molecule has 1 atom stereocenters. The van der Waals surface area contributed by atoms with Gasteiger partial charge in [-0.3, -0.25) is 0 Å². The van der Waals surface area contributed by atoms with E-state index < -0.39 is 0 Å². The lowest BCUT2D eigenvalue weighted by Crippen LogP contribution is -2.19. The second-order valence-corrected chi connectivity index (χ2v) is 4.77. The Morgan fingerprint density at radius 1 is 1.38 bits per heavy atom. The number of benzene rings is 1. The van der Waals surface area contributed by atoms with Gasteiger partial charge in [0.15, 0.2) is 0 Å². The minimum atomic E-state index is 0.347. The highest BCUT2D eigenvalue weighted by molar-refractivity contribution is 5.29. The van der Waals surface area contributed by atoms with Crippen molar-refractivity contribution in [1.82, 2.24) is 0 Å². The quantitative estimate of drug-likeness (QED) is 0.797. The van der Waals surface area contributed by atoms with Crippen LogP contribution in [0.15, 0.2) is 24.3 Å². The largest absolute Gasteiger partial charge is 0.380 e. The van der Waals surface area contributed by atoms with Crippen LogP contribution in [-0.4, -0.2) is 19.8 Å². The normalized spacial score (nSPS) is 17.4. The summed E-state index contributed by atoms with van der Waals surface area (Å²) in [7, 11) is 0. The molecular weight excluding hydrogens is 198 g/mol. The van der Waals surface area contributed by atoms with Crippen molar-refractivity contribution in [3.05, 3.63) is 35.4 Å². The topological polar surface area (TPSA) is 35.2 Å². The highest BCUT2D eigenvalue weighted by Crippen LogP contribution is 2.29. The first-order valence-corrected chi connectivity index (χ1v) is 6.14. The highest BCUT2D eigenvalue weighted by atomic mass is 16.5. The van der Waals surface area contributed by atoms with Gasteiger partial charge in [-0.25, -0.2) is 0 Å². The summed E-state index contributed by atoms with van der Waals surface area (Å²) in [6, 6.07) is 8.44. The van der Waals surface area contributed by atoms with E-state index >= 15 is 0 Å². The van der Waals surface area contributed by atoms with Crippen molar-refractivity contribution in [2.24, 2.45) is 11.7 Å². The molecule has 88 valence electrons. The summed E-state index contributed by atoms with van der Waals surface area (Å²) in [6.07, 6.45) is 2.69. The van der Waals surface area contributed by atoms with Crippen molar-refractivity contribution in [1.29, 1.82) is 0 Å². The minimum Gasteiger partial charge on any atom is -0.380 e. The average Bonchev–Trinajstić information content (AvgIpc) is 3.10. The van der Waals surface area contributed by atoms with Crippen LogP contribution in [0, 0.1) is 12.8 Å². The van der Waals surface area contributed by atoms with Gasteiger partial charge in [-0.05, 0) is 36.8 Å². The SMILES string of the molecule is Cc1ccccc1C(CN)COCC1CC1. The summed E-state index contributed by atoms with van der Waals surface area (Å²) in [5.74, 6) is 1.18. The van der Waals surface area contributed by atoms with Crippen LogP contribution in [0.3, 0.4) is 0 Å². The van der Waals surface area contributed by atoms with Gasteiger partial charge in [0.2, 0.25) is 0 Å². The fourth-order valence-electron chi connectivity index (χ4n) is 1.99. The van der Waals surface area contributed by atoms with E-state index in [1.165, 1.54) is 24.0 Å². The summed E-state index contributed by atoms with van der Waals surface area (Å²) < 4.78 is 5.74. The Morgan fingerprint density at radius 3 is 2.75 bits per heavy atom. The van der Waals surface area contributed by atoms with Crippen LogP contribution in [0.1, 0.15) is 29.9 Å². The first-order chi connectivity index (χ1) is 7.81. The number of ether oxygens (including phenoxy) is 1. The molecule has 0 aliphatic heterocycles. The zero-order chi connectivity index (χ0) is 11.4. The Bertz CT molecular complexity index is 333. The highest BCUT2D eigenvalue weighted by Gasteiger charge is 2.22. The Morgan fingerprint density at radius 2 is 2.12 bits per heavy atom. The second-order valence-electron chi connectivity index (χ2n) is 4.77. The minimum absolute atomic E-state index is 0.347. The van der Waals surface area contributed by atoms with Crippen LogP contribution in [0.5, 0.6) is 0 Å². The molecule has 1 aromatic carbocycles. The maximum Gasteiger partial charge on any atom is 0.0547 e. The Balaban J connectivity index is 1.90. The smallest absolute Gasteiger partial charge is 0.0547 e. The van der Waals surface area contributed by atoms with Crippen LogP contribution < -0.4 is 5.73 Å². The van der Waals surface area contributed by atoms with Crippen molar-refractivity contribution >= 4 is 0 Å². The lowest BCUT2D eigenvalue weighted by atomic mass is 9.96. The Kier molecular flexibility index (Phi) is 3.97. The zero-order valence-electron chi connectivity index (χ0n) is 9.99. The molecule has 2 N–H and O–H groups in total. The van der Waals surface area contributed by atoms with Gasteiger partial charge in [0.25, 0.3) is 0 Å². The van der Waals surface area contributed by atoms with Gasteiger partial charge < -0.3 is 10.5 Å². The van der Waals surface area contributed by atoms with E-state index in [0.717, 1.165) is 19.1 Å². The van der Waals surface area contributed by atoms with Crippen molar-refractivity contribution in [3.8, 4) is 0 Å². The molecule has 0 spiro atoms.